The maximum absolute atomic E-state index is 12.2. The molecule has 0 saturated carbocycles. The molecule has 0 aliphatic carbocycles. The van der Waals surface area contributed by atoms with Gasteiger partial charge in [0.2, 0.25) is 12.7 Å². The summed E-state index contributed by atoms with van der Waals surface area (Å²) in [7, 11) is 0. The standard InChI is InChI=1S/C17H12ClN3O4/c18-12-4-2-1-3-11(12)16(22)19-17-21-20-15(25-17)8-10-5-6-13-14(7-10)24-9-23-13/h1-7H,8-9H2,(H,19,21,22). The van der Waals surface area contributed by atoms with E-state index in [2.05, 4.69) is 15.5 Å². The molecule has 25 heavy (non-hydrogen) atoms. The number of carbonyl (C=O) groups is 1. The molecular formula is C17H12ClN3O4. The van der Waals surface area contributed by atoms with E-state index in [1.165, 1.54) is 0 Å². The van der Waals surface area contributed by atoms with Crippen molar-refractivity contribution in [2.24, 2.45) is 0 Å². The predicted molar refractivity (Wildman–Crippen MR) is 89.1 cm³/mol. The summed E-state index contributed by atoms with van der Waals surface area (Å²) >= 11 is 5.99. The minimum atomic E-state index is -0.413. The van der Waals surface area contributed by atoms with Gasteiger partial charge in [-0.3, -0.25) is 10.1 Å². The van der Waals surface area contributed by atoms with Gasteiger partial charge in [-0.05, 0) is 29.8 Å². The van der Waals surface area contributed by atoms with Gasteiger partial charge >= 0.3 is 6.01 Å². The van der Waals surface area contributed by atoms with Gasteiger partial charge in [0.25, 0.3) is 5.91 Å². The van der Waals surface area contributed by atoms with Crippen LogP contribution in [0.1, 0.15) is 21.8 Å². The van der Waals surface area contributed by atoms with Crippen molar-refractivity contribution in [3.8, 4) is 11.5 Å². The van der Waals surface area contributed by atoms with E-state index in [9.17, 15) is 4.79 Å². The van der Waals surface area contributed by atoms with Crippen LogP contribution >= 0.6 is 11.6 Å². The topological polar surface area (TPSA) is 86.5 Å². The van der Waals surface area contributed by atoms with Gasteiger partial charge in [0.1, 0.15) is 0 Å². The van der Waals surface area contributed by atoms with E-state index < -0.39 is 5.91 Å². The molecule has 0 fully saturated rings. The van der Waals surface area contributed by atoms with E-state index in [0.717, 1.165) is 5.56 Å². The fraction of sp³-hybridized carbons (Fsp3) is 0.118. The van der Waals surface area contributed by atoms with Crippen LogP contribution in [0.4, 0.5) is 6.01 Å². The van der Waals surface area contributed by atoms with Gasteiger partial charge in [0.05, 0.1) is 17.0 Å². The summed E-state index contributed by atoms with van der Waals surface area (Å²) in [5.41, 5.74) is 1.26. The first-order valence-electron chi connectivity index (χ1n) is 7.46. The molecule has 0 atom stereocenters. The number of fused-ring (bicyclic) bond motifs is 1. The Labute approximate surface area is 147 Å². The van der Waals surface area contributed by atoms with Crippen LogP contribution in [0.5, 0.6) is 11.5 Å². The van der Waals surface area contributed by atoms with Crippen molar-refractivity contribution in [2.45, 2.75) is 6.42 Å². The van der Waals surface area contributed by atoms with E-state index in [1.807, 2.05) is 18.2 Å². The Morgan fingerprint density at radius 3 is 2.84 bits per heavy atom. The van der Waals surface area contributed by atoms with Crippen LogP contribution in [-0.2, 0) is 6.42 Å². The average Bonchev–Trinajstić information content (AvgIpc) is 3.24. The predicted octanol–water partition coefficient (Wildman–Crippen LogP) is 3.29. The maximum Gasteiger partial charge on any atom is 0.322 e. The number of halogens is 1. The second-order valence-electron chi connectivity index (χ2n) is 5.30. The van der Waals surface area contributed by atoms with Crippen LogP contribution in [0.3, 0.4) is 0 Å². The molecule has 0 saturated heterocycles. The summed E-state index contributed by atoms with van der Waals surface area (Å²) in [6.07, 6.45) is 0.408. The van der Waals surface area contributed by atoms with Crippen molar-refractivity contribution in [3.05, 3.63) is 64.5 Å². The Bertz CT molecular complexity index is 941. The monoisotopic (exact) mass is 357 g/mol. The number of hydrogen-bond acceptors (Lipinski definition) is 6. The molecule has 2 heterocycles. The normalized spacial score (nSPS) is 12.2. The second-order valence-corrected chi connectivity index (χ2v) is 5.71. The zero-order valence-corrected chi connectivity index (χ0v) is 13.6. The average molecular weight is 358 g/mol. The number of aromatic nitrogens is 2. The Kier molecular flexibility index (Phi) is 3.99. The molecule has 4 rings (SSSR count). The van der Waals surface area contributed by atoms with Crippen LogP contribution in [0.2, 0.25) is 5.02 Å². The van der Waals surface area contributed by atoms with E-state index in [0.29, 0.717) is 34.4 Å². The first kappa shape index (κ1) is 15.5. The van der Waals surface area contributed by atoms with Crippen molar-refractivity contribution >= 4 is 23.5 Å². The molecule has 1 amide bonds. The third-order valence-electron chi connectivity index (χ3n) is 3.60. The first-order chi connectivity index (χ1) is 12.2. The molecule has 3 aromatic rings. The highest BCUT2D eigenvalue weighted by Gasteiger charge is 2.16. The summed E-state index contributed by atoms with van der Waals surface area (Å²) in [5.74, 6) is 1.35. The first-order valence-corrected chi connectivity index (χ1v) is 7.83. The fourth-order valence-corrected chi connectivity index (χ4v) is 2.63. The fourth-order valence-electron chi connectivity index (χ4n) is 2.41. The molecule has 1 aliphatic rings. The zero-order valence-electron chi connectivity index (χ0n) is 12.9. The third kappa shape index (κ3) is 3.27. The van der Waals surface area contributed by atoms with Crippen LogP contribution in [0, 0.1) is 0 Å². The van der Waals surface area contributed by atoms with Gasteiger partial charge in [0, 0.05) is 0 Å². The molecule has 1 aromatic heterocycles. The Morgan fingerprint density at radius 1 is 1.12 bits per heavy atom. The second kappa shape index (κ2) is 6.45. The number of ether oxygens (including phenoxy) is 2. The number of amides is 1. The highest BCUT2D eigenvalue weighted by Crippen LogP contribution is 2.33. The zero-order chi connectivity index (χ0) is 17.2. The van der Waals surface area contributed by atoms with Gasteiger partial charge in [0.15, 0.2) is 11.5 Å². The molecular weight excluding hydrogens is 346 g/mol. The summed E-state index contributed by atoms with van der Waals surface area (Å²) in [6, 6.07) is 12.3. The lowest BCUT2D eigenvalue weighted by molar-refractivity contribution is 0.102. The summed E-state index contributed by atoms with van der Waals surface area (Å²) in [6.45, 7) is 0.220. The summed E-state index contributed by atoms with van der Waals surface area (Å²) in [4.78, 5) is 12.2. The number of rotatable bonds is 4. The summed E-state index contributed by atoms with van der Waals surface area (Å²) in [5, 5.41) is 10.7. The molecule has 0 unspecified atom stereocenters. The van der Waals surface area contributed by atoms with Crippen LogP contribution in [0.25, 0.3) is 0 Å². The van der Waals surface area contributed by atoms with Crippen molar-refractivity contribution in [3.63, 3.8) is 0 Å². The van der Waals surface area contributed by atoms with Gasteiger partial charge in [-0.1, -0.05) is 34.9 Å². The number of benzene rings is 2. The third-order valence-corrected chi connectivity index (χ3v) is 3.93. The number of nitrogens with zero attached hydrogens (tertiary/aromatic N) is 2. The number of hydrogen-bond donors (Lipinski definition) is 1. The molecule has 1 N–H and O–H groups in total. The SMILES string of the molecule is O=C(Nc1nnc(Cc2ccc3c(c2)OCO3)o1)c1ccccc1Cl. The Hall–Kier alpha value is -3.06. The molecule has 1 aliphatic heterocycles. The smallest absolute Gasteiger partial charge is 0.322 e. The summed E-state index contributed by atoms with van der Waals surface area (Å²) < 4.78 is 16.1. The van der Waals surface area contributed by atoms with Crippen LogP contribution < -0.4 is 14.8 Å². The van der Waals surface area contributed by atoms with E-state index in [4.69, 9.17) is 25.5 Å². The quantitative estimate of drug-likeness (QED) is 0.771. The van der Waals surface area contributed by atoms with Crippen molar-refractivity contribution in [1.82, 2.24) is 10.2 Å². The number of anilines is 1. The van der Waals surface area contributed by atoms with Gasteiger partial charge < -0.3 is 13.9 Å². The molecule has 7 nitrogen and oxygen atoms in total. The van der Waals surface area contributed by atoms with E-state index in [-0.39, 0.29) is 12.8 Å². The minimum Gasteiger partial charge on any atom is -0.454 e. The number of nitrogens with one attached hydrogen (secondary N) is 1. The number of carbonyl (C=O) groups excluding carboxylic acids is 1. The molecule has 8 heteroatoms. The molecule has 0 bridgehead atoms. The van der Waals surface area contributed by atoms with Gasteiger partial charge in [-0.2, -0.15) is 0 Å². The Morgan fingerprint density at radius 2 is 1.96 bits per heavy atom. The molecule has 2 aromatic carbocycles. The van der Waals surface area contributed by atoms with Crippen LogP contribution in [-0.4, -0.2) is 22.9 Å². The lowest BCUT2D eigenvalue weighted by Gasteiger charge is -2.02. The largest absolute Gasteiger partial charge is 0.454 e. The maximum atomic E-state index is 12.2. The van der Waals surface area contributed by atoms with Gasteiger partial charge in [-0.25, -0.2) is 0 Å². The lowest BCUT2D eigenvalue weighted by Crippen LogP contribution is -2.12. The highest BCUT2D eigenvalue weighted by atomic mass is 35.5. The molecule has 126 valence electrons. The van der Waals surface area contributed by atoms with Gasteiger partial charge in [-0.15, -0.1) is 5.10 Å². The Balaban J connectivity index is 1.45. The van der Waals surface area contributed by atoms with E-state index >= 15 is 0 Å². The minimum absolute atomic E-state index is 0.0145. The molecule has 0 radical (unpaired) electrons. The van der Waals surface area contributed by atoms with Crippen molar-refractivity contribution in [1.29, 1.82) is 0 Å². The highest BCUT2D eigenvalue weighted by molar-refractivity contribution is 6.34. The van der Waals surface area contributed by atoms with E-state index in [1.54, 1.807) is 24.3 Å². The van der Waals surface area contributed by atoms with Crippen molar-refractivity contribution in [2.75, 3.05) is 12.1 Å². The molecule has 0 spiro atoms. The lowest BCUT2D eigenvalue weighted by atomic mass is 10.1. The van der Waals surface area contributed by atoms with Crippen molar-refractivity contribution < 1.29 is 18.7 Å². The van der Waals surface area contributed by atoms with Crippen LogP contribution in [0.15, 0.2) is 46.9 Å².